The number of carbonyl (C=O) groups excluding carboxylic acids is 1. The van der Waals surface area contributed by atoms with E-state index in [9.17, 15) is 14.9 Å². The fraction of sp³-hybridized carbons (Fsp3) is 0.462. The zero-order valence-corrected chi connectivity index (χ0v) is 11.5. The highest BCUT2D eigenvalue weighted by atomic mass is 35.5. The number of aryl methyl sites for hydroxylation is 1. The Labute approximate surface area is 111 Å². The van der Waals surface area contributed by atoms with E-state index < -0.39 is 10.3 Å². The van der Waals surface area contributed by atoms with Crippen LogP contribution in [-0.4, -0.2) is 10.7 Å². The van der Waals surface area contributed by atoms with Crippen molar-refractivity contribution in [2.45, 2.75) is 33.6 Å². The second-order valence-electron chi connectivity index (χ2n) is 5.20. The number of halogens is 1. The molecule has 1 aromatic carbocycles. The summed E-state index contributed by atoms with van der Waals surface area (Å²) in [4.78, 5) is 22.2. The van der Waals surface area contributed by atoms with E-state index in [1.54, 1.807) is 12.1 Å². The molecule has 0 aliphatic carbocycles. The van der Waals surface area contributed by atoms with Crippen LogP contribution in [0.25, 0.3) is 0 Å². The van der Waals surface area contributed by atoms with Gasteiger partial charge in [-0.3, -0.25) is 14.9 Å². The number of nitrogens with zero attached hydrogens (tertiary/aromatic N) is 1. The highest BCUT2D eigenvalue weighted by Gasteiger charge is 2.22. The summed E-state index contributed by atoms with van der Waals surface area (Å²) in [5, 5.41) is 11.2. The van der Waals surface area contributed by atoms with Crippen molar-refractivity contribution in [1.82, 2.24) is 0 Å². The molecule has 0 atom stereocenters. The van der Waals surface area contributed by atoms with Gasteiger partial charge in [0.05, 0.1) is 4.92 Å². The standard InChI is InChI=1S/C13H16ClNO3/c1-13(2,3)12(16)7-5-9-4-6-10(14)8-11(9)15(17)18/h4,6,8H,5,7H2,1-3H3. The Morgan fingerprint density at radius 3 is 2.50 bits per heavy atom. The van der Waals surface area contributed by atoms with E-state index >= 15 is 0 Å². The maximum atomic E-state index is 11.8. The molecule has 4 nitrogen and oxygen atoms in total. The second kappa shape index (κ2) is 5.48. The molecule has 5 heteroatoms. The van der Waals surface area contributed by atoms with E-state index in [1.807, 2.05) is 20.8 Å². The molecule has 0 saturated carbocycles. The SMILES string of the molecule is CC(C)(C)C(=O)CCc1ccc(Cl)cc1[N+](=O)[O-]. The highest BCUT2D eigenvalue weighted by Crippen LogP contribution is 2.26. The molecule has 0 aliphatic rings. The first-order valence-electron chi connectivity index (χ1n) is 5.68. The number of carbonyl (C=O) groups is 1. The number of hydrogen-bond donors (Lipinski definition) is 0. The molecule has 0 saturated heterocycles. The fourth-order valence-corrected chi connectivity index (χ4v) is 1.71. The average molecular weight is 270 g/mol. The molecule has 0 bridgehead atoms. The van der Waals surface area contributed by atoms with Crippen LogP contribution in [0.5, 0.6) is 0 Å². The Morgan fingerprint density at radius 1 is 1.39 bits per heavy atom. The lowest BCUT2D eigenvalue weighted by Gasteiger charge is -2.16. The van der Waals surface area contributed by atoms with Gasteiger partial charge in [0.15, 0.2) is 0 Å². The van der Waals surface area contributed by atoms with E-state index in [4.69, 9.17) is 11.6 Å². The Hall–Kier alpha value is -1.42. The summed E-state index contributed by atoms with van der Waals surface area (Å²) in [5.41, 5.74) is 0.104. The van der Waals surface area contributed by atoms with Crippen molar-refractivity contribution in [3.8, 4) is 0 Å². The number of hydrogen-bond acceptors (Lipinski definition) is 3. The maximum absolute atomic E-state index is 11.8. The minimum Gasteiger partial charge on any atom is -0.299 e. The normalized spacial score (nSPS) is 11.3. The molecule has 0 spiro atoms. The van der Waals surface area contributed by atoms with Gasteiger partial charge >= 0.3 is 0 Å². The molecule has 0 aliphatic heterocycles. The Balaban J connectivity index is 2.86. The molecule has 0 heterocycles. The Bertz CT molecular complexity index is 478. The maximum Gasteiger partial charge on any atom is 0.274 e. The first kappa shape index (κ1) is 14.6. The van der Waals surface area contributed by atoms with Gasteiger partial charge in [0, 0.05) is 28.5 Å². The van der Waals surface area contributed by atoms with Crippen LogP contribution < -0.4 is 0 Å². The van der Waals surface area contributed by atoms with Crippen molar-refractivity contribution in [2.75, 3.05) is 0 Å². The summed E-state index contributed by atoms with van der Waals surface area (Å²) in [7, 11) is 0. The summed E-state index contributed by atoms with van der Waals surface area (Å²) in [6.45, 7) is 5.52. The third kappa shape index (κ3) is 3.81. The highest BCUT2D eigenvalue weighted by molar-refractivity contribution is 6.30. The predicted molar refractivity (Wildman–Crippen MR) is 70.9 cm³/mol. The van der Waals surface area contributed by atoms with Crippen LogP contribution in [0.4, 0.5) is 5.69 Å². The largest absolute Gasteiger partial charge is 0.299 e. The van der Waals surface area contributed by atoms with Gasteiger partial charge in [-0.15, -0.1) is 0 Å². The van der Waals surface area contributed by atoms with Gasteiger partial charge in [0.25, 0.3) is 5.69 Å². The summed E-state index contributed by atoms with van der Waals surface area (Å²) in [6.07, 6.45) is 0.662. The van der Waals surface area contributed by atoms with E-state index in [1.165, 1.54) is 6.07 Å². The molecule has 98 valence electrons. The molecule has 0 aromatic heterocycles. The van der Waals surface area contributed by atoms with E-state index in [0.717, 1.165) is 0 Å². The molecular formula is C13H16ClNO3. The molecule has 1 rings (SSSR count). The monoisotopic (exact) mass is 269 g/mol. The van der Waals surface area contributed by atoms with Crippen LogP contribution in [0.15, 0.2) is 18.2 Å². The summed E-state index contributed by atoms with van der Waals surface area (Å²) in [5.74, 6) is 0.0896. The van der Waals surface area contributed by atoms with Crippen molar-refractivity contribution in [3.05, 3.63) is 38.9 Å². The zero-order chi connectivity index (χ0) is 13.9. The Kier molecular flexibility index (Phi) is 4.46. The topological polar surface area (TPSA) is 60.2 Å². The smallest absolute Gasteiger partial charge is 0.274 e. The molecular weight excluding hydrogens is 254 g/mol. The number of ketones is 1. The van der Waals surface area contributed by atoms with Crippen LogP contribution in [0.1, 0.15) is 32.8 Å². The summed E-state index contributed by atoms with van der Waals surface area (Å²) >= 11 is 5.72. The number of rotatable bonds is 4. The van der Waals surface area contributed by atoms with Gasteiger partial charge in [0.1, 0.15) is 5.78 Å². The van der Waals surface area contributed by atoms with Gasteiger partial charge < -0.3 is 0 Å². The van der Waals surface area contributed by atoms with Crippen LogP contribution in [0.3, 0.4) is 0 Å². The minimum absolute atomic E-state index is 0.0239. The predicted octanol–water partition coefficient (Wildman–Crippen LogP) is 3.80. The first-order chi connectivity index (χ1) is 8.21. The van der Waals surface area contributed by atoms with E-state index in [2.05, 4.69) is 0 Å². The molecule has 18 heavy (non-hydrogen) atoms. The lowest BCUT2D eigenvalue weighted by molar-refractivity contribution is -0.385. The van der Waals surface area contributed by atoms with Crippen molar-refractivity contribution in [2.24, 2.45) is 5.41 Å². The van der Waals surface area contributed by atoms with Crippen molar-refractivity contribution in [3.63, 3.8) is 0 Å². The van der Waals surface area contributed by atoms with Gasteiger partial charge in [-0.2, -0.15) is 0 Å². The quantitative estimate of drug-likeness (QED) is 0.617. The lowest BCUT2D eigenvalue weighted by Crippen LogP contribution is -2.20. The number of benzene rings is 1. The average Bonchev–Trinajstić information content (AvgIpc) is 2.25. The number of nitro groups is 1. The van der Waals surface area contributed by atoms with Crippen molar-refractivity contribution >= 4 is 23.1 Å². The molecule has 0 N–H and O–H groups in total. The lowest BCUT2D eigenvalue weighted by atomic mass is 9.87. The van der Waals surface area contributed by atoms with Crippen LogP contribution in [0.2, 0.25) is 5.02 Å². The number of Topliss-reactive ketones (excluding diaryl/α,β-unsaturated/α-hetero) is 1. The summed E-state index contributed by atoms with van der Waals surface area (Å²) < 4.78 is 0. The molecule has 0 amide bonds. The van der Waals surface area contributed by atoms with Crippen molar-refractivity contribution < 1.29 is 9.72 Å². The van der Waals surface area contributed by atoms with Gasteiger partial charge in [-0.05, 0) is 12.5 Å². The third-order valence-corrected chi connectivity index (χ3v) is 2.94. The van der Waals surface area contributed by atoms with Gasteiger partial charge in [-0.1, -0.05) is 38.4 Å². The minimum atomic E-state index is -0.469. The Morgan fingerprint density at radius 2 is 2.00 bits per heavy atom. The second-order valence-corrected chi connectivity index (χ2v) is 5.64. The number of nitro benzene ring substituents is 1. The molecule has 1 aromatic rings. The summed E-state index contributed by atoms with van der Waals surface area (Å²) in [6, 6.07) is 4.53. The zero-order valence-electron chi connectivity index (χ0n) is 10.7. The van der Waals surface area contributed by atoms with Gasteiger partial charge in [0.2, 0.25) is 0 Å². The molecule has 0 radical (unpaired) electrons. The fourth-order valence-electron chi connectivity index (χ4n) is 1.54. The molecule has 0 unspecified atom stereocenters. The third-order valence-electron chi connectivity index (χ3n) is 2.70. The van der Waals surface area contributed by atoms with Gasteiger partial charge in [-0.25, -0.2) is 0 Å². The van der Waals surface area contributed by atoms with Crippen LogP contribution in [0, 0.1) is 15.5 Å². The van der Waals surface area contributed by atoms with Crippen molar-refractivity contribution in [1.29, 1.82) is 0 Å². The first-order valence-corrected chi connectivity index (χ1v) is 6.05. The van der Waals surface area contributed by atoms with Crippen LogP contribution >= 0.6 is 11.6 Å². The van der Waals surface area contributed by atoms with E-state index in [-0.39, 0.29) is 11.5 Å². The van der Waals surface area contributed by atoms with E-state index in [0.29, 0.717) is 23.4 Å². The van der Waals surface area contributed by atoms with Crippen LogP contribution in [-0.2, 0) is 11.2 Å². The molecule has 0 fully saturated rings.